The summed E-state index contributed by atoms with van der Waals surface area (Å²) in [5.74, 6) is 0. The number of rotatable bonds is 5. The van der Waals surface area contributed by atoms with Crippen LogP contribution in [0, 0.1) is 0 Å². The molecule has 1 N–H and O–H groups in total. The van der Waals surface area contributed by atoms with E-state index in [1.807, 2.05) is 12.5 Å². The lowest BCUT2D eigenvalue weighted by atomic mass is 9.98. The molecule has 1 atom stereocenters. The van der Waals surface area contributed by atoms with Crippen LogP contribution in [0.3, 0.4) is 0 Å². The molecule has 0 saturated carbocycles. The van der Waals surface area contributed by atoms with Gasteiger partial charge in [-0.25, -0.2) is 4.98 Å². The first-order valence-corrected chi connectivity index (χ1v) is 8.65. The van der Waals surface area contributed by atoms with E-state index in [1.54, 1.807) is 0 Å². The van der Waals surface area contributed by atoms with Crippen molar-refractivity contribution >= 4 is 0 Å². The van der Waals surface area contributed by atoms with E-state index in [4.69, 9.17) is 0 Å². The molecule has 0 spiro atoms. The third-order valence-electron chi connectivity index (χ3n) is 5.27. The number of imidazole rings is 1. The molecular formula is C17H25N5. The molecule has 3 heterocycles. The van der Waals surface area contributed by atoms with E-state index < -0.39 is 0 Å². The Morgan fingerprint density at radius 3 is 3.14 bits per heavy atom. The van der Waals surface area contributed by atoms with Crippen LogP contribution in [0.2, 0.25) is 0 Å². The molecule has 0 aromatic carbocycles. The number of piperidine rings is 1. The standard InChI is InChI=1S/C17H25N5/c1-2-9-22(12-17-15-5-3-6-16(15)19-20-17)14(4-1)7-10-21-11-8-18-13-21/h8,11,13-14H,1-7,9-10,12H2,(H,19,20)/t14-/m1/s1. The molecule has 5 nitrogen and oxygen atoms in total. The minimum atomic E-state index is 0.685. The summed E-state index contributed by atoms with van der Waals surface area (Å²) in [5, 5.41) is 7.85. The molecule has 2 aliphatic rings. The summed E-state index contributed by atoms with van der Waals surface area (Å²) in [5.41, 5.74) is 4.21. The molecule has 0 unspecified atom stereocenters. The first-order chi connectivity index (χ1) is 10.9. The maximum atomic E-state index is 4.59. The van der Waals surface area contributed by atoms with Crippen LogP contribution in [0.4, 0.5) is 0 Å². The first-order valence-electron chi connectivity index (χ1n) is 8.65. The fourth-order valence-electron chi connectivity index (χ4n) is 4.02. The Balaban J connectivity index is 1.41. The van der Waals surface area contributed by atoms with Gasteiger partial charge in [0.15, 0.2) is 0 Å². The van der Waals surface area contributed by atoms with Crippen LogP contribution in [-0.2, 0) is 25.9 Å². The number of likely N-dealkylation sites (tertiary alicyclic amines) is 1. The lowest BCUT2D eigenvalue weighted by Gasteiger charge is -2.35. The Morgan fingerprint density at radius 2 is 2.23 bits per heavy atom. The molecule has 2 aromatic heterocycles. The van der Waals surface area contributed by atoms with E-state index in [-0.39, 0.29) is 0 Å². The van der Waals surface area contributed by atoms with E-state index in [9.17, 15) is 0 Å². The van der Waals surface area contributed by atoms with Gasteiger partial charge in [-0.15, -0.1) is 0 Å². The van der Waals surface area contributed by atoms with Crippen LogP contribution in [-0.4, -0.2) is 37.2 Å². The maximum Gasteiger partial charge on any atom is 0.0945 e. The molecule has 1 fully saturated rings. The number of hydrogen-bond donors (Lipinski definition) is 1. The van der Waals surface area contributed by atoms with Gasteiger partial charge in [-0.2, -0.15) is 5.10 Å². The molecular weight excluding hydrogens is 274 g/mol. The normalized spacial score (nSPS) is 22.1. The van der Waals surface area contributed by atoms with E-state index in [1.165, 1.54) is 68.4 Å². The second-order valence-electron chi connectivity index (χ2n) is 6.69. The van der Waals surface area contributed by atoms with Crippen molar-refractivity contribution in [3.05, 3.63) is 35.7 Å². The zero-order valence-electron chi connectivity index (χ0n) is 13.2. The van der Waals surface area contributed by atoms with Crippen molar-refractivity contribution in [2.24, 2.45) is 0 Å². The highest BCUT2D eigenvalue weighted by Gasteiger charge is 2.25. The summed E-state index contributed by atoms with van der Waals surface area (Å²) in [4.78, 5) is 6.80. The van der Waals surface area contributed by atoms with Gasteiger partial charge in [-0.1, -0.05) is 6.42 Å². The third-order valence-corrected chi connectivity index (χ3v) is 5.27. The molecule has 1 saturated heterocycles. The van der Waals surface area contributed by atoms with Crippen molar-refractivity contribution in [3.63, 3.8) is 0 Å². The fraction of sp³-hybridized carbons (Fsp3) is 0.647. The lowest BCUT2D eigenvalue weighted by molar-refractivity contribution is 0.126. The lowest BCUT2D eigenvalue weighted by Crippen LogP contribution is -2.39. The van der Waals surface area contributed by atoms with E-state index >= 15 is 0 Å². The van der Waals surface area contributed by atoms with Gasteiger partial charge >= 0.3 is 0 Å². The van der Waals surface area contributed by atoms with Crippen molar-refractivity contribution in [3.8, 4) is 0 Å². The molecule has 118 valence electrons. The third kappa shape index (κ3) is 2.82. The van der Waals surface area contributed by atoms with Crippen LogP contribution in [0.25, 0.3) is 0 Å². The van der Waals surface area contributed by atoms with E-state index in [0.717, 1.165) is 13.1 Å². The second-order valence-corrected chi connectivity index (χ2v) is 6.69. The van der Waals surface area contributed by atoms with Crippen molar-refractivity contribution < 1.29 is 0 Å². The average Bonchev–Trinajstić information content (AvgIpc) is 3.26. The summed E-state index contributed by atoms with van der Waals surface area (Å²) in [6.45, 7) is 3.32. The molecule has 4 rings (SSSR count). The van der Waals surface area contributed by atoms with Gasteiger partial charge < -0.3 is 4.57 Å². The Kier molecular flexibility index (Phi) is 3.97. The molecule has 22 heavy (non-hydrogen) atoms. The summed E-state index contributed by atoms with van der Waals surface area (Å²) in [6, 6.07) is 0.685. The van der Waals surface area contributed by atoms with Gasteiger partial charge in [0.05, 0.1) is 12.0 Å². The average molecular weight is 299 g/mol. The monoisotopic (exact) mass is 299 g/mol. The maximum absolute atomic E-state index is 4.59. The van der Waals surface area contributed by atoms with Crippen molar-refractivity contribution in [2.45, 2.75) is 64.1 Å². The highest BCUT2D eigenvalue weighted by Crippen LogP contribution is 2.27. The summed E-state index contributed by atoms with van der Waals surface area (Å²) < 4.78 is 2.19. The zero-order valence-corrected chi connectivity index (χ0v) is 13.2. The molecule has 1 aliphatic heterocycles. The van der Waals surface area contributed by atoms with Gasteiger partial charge in [-0.3, -0.25) is 10.00 Å². The number of nitrogens with zero attached hydrogens (tertiary/aromatic N) is 4. The minimum Gasteiger partial charge on any atom is -0.337 e. The van der Waals surface area contributed by atoms with Gasteiger partial charge in [0.2, 0.25) is 0 Å². The SMILES string of the molecule is c1cn(CC[C@H]2CCCCN2Cc2n[nH]c3c2CCC3)cn1. The molecule has 0 amide bonds. The highest BCUT2D eigenvalue weighted by atomic mass is 15.2. The van der Waals surface area contributed by atoms with E-state index in [2.05, 4.69) is 30.8 Å². The summed E-state index contributed by atoms with van der Waals surface area (Å²) in [6.07, 6.45) is 14.8. The molecule has 1 aliphatic carbocycles. The van der Waals surface area contributed by atoms with Crippen molar-refractivity contribution in [2.75, 3.05) is 6.54 Å². The molecule has 2 aromatic rings. The fourth-order valence-corrected chi connectivity index (χ4v) is 4.02. The number of nitrogens with one attached hydrogen (secondary N) is 1. The number of aryl methyl sites for hydroxylation is 2. The first kappa shape index (κ1) is 14.0. The smallest absolute Gasteiger partial charge is 0.0945 e. The Bertz CT molecular complexity index is 601. The Labute approximate surface area is 131 Å². The molecule has 0 radical (unpaired) electrons. The number of aromatic nitrogens is 4. The number of aromatic amines is 1. The quantitative estimate of drug-likeness (QED) is 0.923. The largest absolute Gasteiger partial charge is 0.337 e. The van der Waals surface area contributed by atoms with Crippen molar-refractivity contribution in [1.82, 2.24) is 24.6 Å². The van der Waals surface area contributed by atoms with Gasteiger partial charge in [-0.05, 0) is 50.6 Å². The van der Waals surface area contributed by atoms with Gasteiger partial charge in [0.25, 0.3) is 0 Å². The summed E-state index contributed by atoms with van der Waals surface area (Å²) >= 11 is 0. The van der Waals surface area contributed by atoms with Crippen molar-refractivity contribution in [1.29, 1.82) is 0 Å². The predicted molar refractivity (Wildman–Crippen MR) is 85.5 cm³/mol. The molecule has 0 bridgehead atoms. The zero-order chi connectivity index (χ0) is 14.8. The second kappa shape index (κ2) is 6.24. The van der Waals surface area contributed by atoms with Gasteiger partial charge in [0, 0.05) is 37.2 Å². The number of hydrogen-bond acceptors (Lipinski definition) is 3. The highest BCUT2D eigenvalue weighted by molar-refractivity contribution is 5.29. The predicted octanol–water partition coefficient (Wildman–Crippen LogP) is 2.54. The van der Waals surface area contributed by atoms with Gasteiger partial charge in [0.1, 0.15) is 0 Å². The molecule has 5 heteroatoms. The summed E-state index contributed by atoms with van der Waals surface area (Å²) in [7, 11) is 0. The number of fused-ring (bicyclic) bond motifs is 1. The van der Waals surface area contributed by atoms with Crippen LogP contribution < -0.4 is 0 Å². The topological polar surface area (TPSA) is 49.7 Å². The van der Waals surface area contributed by atoms with E-state index in [0.29, 0.717) is 6.04 Å². The number of H-pyrrole nitrogens is 1. The van der Waals surface area contributed by atoms with Crippen LogP contribution in [0.15, 0.2) is 18.7 Å². The minimum absolute atomic E-state index is 0.685. The van der Waals surface area contributed by atoms with Crippen LogP contribution in [0.1, 0.15) is 49.1 Å². The van der Waals surface area contributed by atoms with Crippen LogP contribution in [0.5, 0.6) is 0 Å². The van der Waals surface area contributed by atoms with Crippen LogP contribution >= 0.6 is 0 Å². The Hall–Kier alpha value is -1.62. The Morgan fingerprint density at radius 1 is 1.23 bits per heavy atom.